The minimum atomic E-state index is -0.626. The summed E-state index contributed by atoms with van der Waals surface area (Å²) in [4.78, 5) is 12.7. The third-order valence-electron chi connectivity index (χ3n) is 5.67. The highest BCUT2D eigenvalue weighted by molar-refractivity contribution is 7.80. The molecule has 7 nitrogen and oxygen atoms in total. The van der Waals surface area contributed by atoms with Crippen molar-refractivity contribution in [3.63, 3.8) is 0 Å². The van der Waals surface area contributed by atoms with Crippen LogP contribution in [0.5, 0.6) is 11.5 Å². The maximum absolute atomic E-state index is 12.7. The third kappa shape index (κ3) is 9.03. The highest BCUT2D eigenvalue weighted by atomic mass is 32.1. The number of hydrogen-bond donors (Lipinski definition) is 3. The molecule has 2 rings (SSSR count). The zero-order chi connectivity index (χ0) is 26.0. The molecule has 0 heterocycles. The molecule has 192 valence electrons. The van der Waals surface area contributed by atoms with E-state index in [0.717, 1.165) is 11.1 Å². The molecule has 0 fully saturated rings. The summed E-state index contributed by atoms with van der Waals surface area (Å²) in [6, 6.07) is 11.8. The molecule has 0 bridgehead atoms. The lowest BCUT2D eigenvalue weighted by Crippen LogP contribution is -2.43. The number of carbonyl (C=O) groups is 1. The Morgan fingerprint density at radius 1 is 1.09 bits per heavy atom. The molecule has 4 N–H and O–H groups in total. The number of nitrogens with two attached hydrogens (primary N) is 1. The van der Waals surface area contributed by atoms with Crippen LogP contribution in [0.25, 0.3) is 0 Å². The lowest BCUT2D eigenvalue weighted by atomic mass is 9.85. The summed E-state index contributed by atoms with van der Waals surface area (Å²) in [6.45, 7) is 11.5. The topological polar surface area (TPSA) is 94.8 Å². The fraction of sp³-hybridized carbons (Fsp3) is 0.481. The first-order valence-electron chi connectivity index (χ1n) is 11.8. The number of hydrogen-bond acceptors (Lipinski definition) is 6. The summed E-state index contributed by atoms with van der Waals surface area (Å²) in [7, 11) is 1.60. The lowest BCUT2D eigenvalue weighted by Gasteiger charge is -2.25. The summed E-state index contributed by atoms with van der Waals surface area (Å²) in [5.74, 6) is 1.06. The first-order valence-corrected chi connectivity index (χ1v) is 12.2. The van der Waals surface area contributed by atoms with Crippen molar-refractivity contribution in [3.8, 4) is 11.5 Å². The molecule has 8 heteroatoms. The van der Waals surface area contributed by atoms with Gasteiger partial charge in [0.1, 0.15) is 13.2 Å². The number of nitrogens with one attached hydrogen (secondary N) is 2. The van der Waals surface area contributed by atoms with Gasteiger partial charge >= 0.3 is 5.97 Å². The van der Waals surface area contributed by atoms with Gasteiger partial charge in [-0.2, -0.15) is 0 Å². The summed E-state index contributed by atoms with van der Waals surface area (Å²) in [5.41, 5.74) is 9.44. The maximum atomic E-state index is 12.7. The van der Waals surface area contributed by atoms with Crippen molar-refractivity contribution < 1.29 is 19.0 Å². The molecule has 0 aliphatic rings. The van der Waals surface area contributed by atoms with E-state index in [2.05, 4.69) is 42.7 Å². The van der Waals surface area contributed by atoms with E-state index < -0.39 is 5.41 Å². The maximum Gasteiger partial charge on any atom is 0.311 e. The van der Waals surface area contributed by atoms with Gasteiger partial charge in [0.25, 0.3) is 0 Å². The number of benzene rings is 2. The summed E-state index contributed by atoms with van der Waals surface area (Å²) in [6.07, 6.45) is 0.619. The van der Waals surface area contributed by atoms with Crippen LogP contribution in [0, 0.1) is 19.3 Å². The second-order valence-electron chi connectivity index (χ2n) is 9.43. The van der Waals surface area contributed by atoms with Crippen LogP contribution in [-0.4, -0.2) is 44.0 Å². The van der Waals surface area contributed by atoms with Gasteiger partial charge in [0.2, 0.25) is 0 Å². The Labute approximate surface area is 214 Å². The molecule has 0 amide bonds. The van der Waals surface area contributed by atoms with Gasteiger partial charge in [0, 0.05) is 13.1 Å². The predicted molar refractivity (Wildman–Crippen MR) is 144 cm³/mol. The second kappa shape index (κ2) is 13.3. The van der Waals surface area contributed by atoms with Crippen LogP contribution >= 0.6 is 12.2 Å². The molecule has 1 atom stereocenters. The SMILES string of the molecule is COc1cc(CNC(=S)NC(C)COC(=O)C(C)(C)Cc2ccc(C)c(C)c2)ccc1OCCN. The first-order chi connectivity index (χ1) is 16.6. The lowest BCUT2D eigenvalue weighted by molar-refractivity contribution is -0.154. The fourth-order valence-corrected chi connectivity index (χ4v) is 3.77. The second-order valence-corrected chi connectivity index (χ2v) is 9.84. The van der Waals surface area contributed by atoms with E-state index in [9.17, 15) is 4.79 Å². The largest absolute Gasteiger partial charge is 0.493 e. The normalized spacial score (nSPS) is 12.0. The van der Waals surface area contributed by atoms with Gasteiger partial charge in [-0.25, -0.2) is 0 Å². The van der Waals surface area contributed by atoms with Crippen LogP contribution < -0.4 is 25.8 Å². The third-order valence-corrected chi connectivity index (χ3v) is 5.93. The quantitative estimate of drug-likeness (QED) is 0.299. The van der Waals surface area contributed by atoms with Crippen molar-refractivity contribution in [3.05, 3.63) is 58.7 Å². The van der Waals surface area contributed by atoms with Gasteiger partial charge in [-0.3, -0.25) is 4.79 Å². The van der Waals surface area contributed by atoms with Gasteiger partial charge in [-0.15, -0.1) is 0 Å². The zero-order valence-electron chi connectivity index (χ0n) is 21.7. The average Bonchev–Trinajstić information content (AvgIpc) is 2.82. The molecular formula is C27H39N3O4S. The number of methoxy groups -OCH3 is 1. The highest BCUT2D eigenvalue weighted by Gasteiger charge is 2.30. The van der Waals surface area contributed by atoms with Gasteiger partial charge < -0.3 is 30.6 Å². The molecule has 0 spiro atoms. The summed E-state index contributed by atoms with van der Waals surface area (Å²) >= 11 is 5.40. The van der Waals surface area contributed by atoms with Gasteiger partial charge in [-0.05, 0) is 87.6 Å². The van der Waals surface area contributed by atoms with Crippen molar-refractivity contribution in [2.45, 2.75) is 53.6 Å². The van der Waals surface area contributed by atoms with E-state index in [1.54, 1.807) is 7.11 Å². The molecule has 0 aromatic heterocycles. The Balaban J connectivity index is 1.79. The Hall–Kier alpha value is -2.84. The number of aryl methyl sites for hydroxylation is 2. The minimum absolute atomic E-state index is 0.141. The molecular weight excluding hydrogens is 462 g/mol. The van der Waals surface area contributed by atoms with Gasteiger partial charge in [-0.1, -0.05) is 24.3 Å². The zero-order valence-corrected chi connectivity index (χ0v) is 22.5. The Kier molecular flexibility index (Phi) is 10.8. The van der Waals surface area contributed by atoms with Crippen molar-refractivity contribution >= 4 is 23.3 Å². The molecule has 0 saturated carbocycles. The molecule has 0 radical (unpaired) electrons. The van der Waals surface area contributed by atoms with Crippen LogP contribution in [-0.2, 0) is 22.5 Å². The number of esters is 1. The molecule has 2 aromatic rings. The van der Waals surface area contributed by atoms with Crippen LogP contribution in [0.15, 0.2) is 36.4 Å². The number of thiocarbonyl (C=S) groups is 1. The van der Waals surface area contributed by atoms with E-state index in [0.29, 0.717) is 42.7 Å². The van der Waals surface area contributed by atoms with Crippen molar-refractivity contribution in [1.29, 1.82) is 0 Å². The molecule has 1 unspecified atom stereocenters. The monoisotopic (exact) mass is 501 g/mol. The van der Waals surface area contributed by atoms with Crippen LogP contribution in [0.3, 0.4) is 0 Å². The van der Waals surface area contributed by atoms with E-state index in [1.807, 2.05) is 39.0 Å². The summed E-state index contributed by atoms with van der Waals surface area (Å²) in [5, 5.41) is 6.81. The van der Waals surface area contributed by atoms with Crippen molar-refractivity contribution in [1.82, 2.24) is 10.6 Å². The first kappa shape index (κ1) is 28.4. The van der Waals surface area contributed by atoms with Crippen molar-refractivity contribution in [2.24, 2.45) is 11.1 Å². The molecule has 0 aliphatic carbocycles. The Morgan fingerprint density at radius 3 is 2.46 bits per heavy atom. The van der Waals surface area contributed by atoms with Gasteiger partial charge in [0.05, 0.1) is 18.6 Å². The van der Waals surface area contributed by atoms with E-state index in [-0.39, 0.29) is 18.6 Å². The fourth-order valence-electron chi connectivity index (χ4n) is 3.50. The number of carbonyl (C=O) groups excluding carboxylic acids is 1. The average molecular weight is 502 g/mol. The van der Waals surface area contributed by atoms with Crippen LogP contribution in [0.4, 0.5) is 0 Å². The minimum Gasteiger partial charge on any atom is -0.493 e. The molecule has 35 heavy (non-hydrogen) atoms. The Bertz CT molecular complexity index is 1010. The van der Waals surface area contributed by atoms with E-state index in [4.69, 9.17) is 32.2 Å². The van der Waals surface area contributed by atoms with Gasteiger partial charge in [0.15, 0.2) is 16.6 Å². The molecule has 0 saturated heterocycles. The van der Waals surface area contributed by atoms with Crippen LogP contribution in [0.2, 0.25) is 0 Å². The van der Waals surface area contributed by atoms with Crippen LogP contribution in [0.1, 0.15) is 43.0 Å². The Morgan fingerprint density at radius 2 is 1.80 bits per heavy atom. The molecule has 0 aliphatic heterocycles. The highest BCUT2D eigenvalue weighted by Crippen LogP contribution is 2.28. The van der Waals surface area contributed by atoms with Crippen molar-refractivity contribution in [2.75, 3.05) is 26.9 Å². The smallest absolute Gasteiger partial charge is 0.311 e. The van der Waals surface area contributed by atoms with E-state index in [1.165, 1.54) is 11.1 Å². The summed E-state index contributed by atoms with van der Waals surface area (Å²) < 4.78 is 16.6. The standard InChI is InChI=1S/C27H39N3O4S/c1-18-7-8-21(13-19(18)2)15-27(4,5)25(31)34-17-20(3)30-26(35)29-16-22-9-10-23(33-12-11-28)24(14-22)32-6/h7-10,13-14,20H,11-12,15-17,28H2,1-6H3,(H2,29,30,35). The van der Waals surface area contributed by atoms with E-state index >= 15 is 0 Å². The molecule has 2 aromatic carbocycles. The predicted octanol–water partition coefficient (Wildman–Crippen LogP) is 3.81. The number of rotatable bonds is 12. The number of ether oxygens (including phenoxy) is 3.